The van der Waals surface area contributed by atoms with Gasteiger partial charge in [0.15, 0.2) is 5.82 Å². The van der Waals surface area contributed by atoms with Crippen LogP contribution in [0.2, 0.25) is 0 Å². The van der Waals surface area contributed by atoms with Crippen LogP contribution in [0.15, 0.2) is 4.52 Å². The standard InChI is InChI=1S/C13H21N3O2/c1(10-3-6-14-7-4-10)2-12-15-13(16-18-12)11-5-8-17-9-11/h10-11,14H,1-9H2. The first kappa shape index (κ1) is 12.1. The summed E-state index contributed by atoms with van der Waals surface area (Å²) in [6.45, 7) is 3.87. The van der Waals surface area contributed by atoms with Crippen LogP contribution in [0.5, 0.6) is 0 Å². The molecule has 1 atom stereocenters. The lowest BCUT2D eigenvalue weighted by atomic mass is 9.93. The summed E-state index contributed by atoms with van der Waals surface area (Å²) in [6, 6.07) is 0. The molecule has 3 heterocycles. The normalized spacial score (nSPS) is 25.7. The summed E-state index contributed by atoms with van der Waals surface area (Å²) in [5, 5.41) is 7.47. The molecule has 0 saturated carbocycles. The van der Waals surface area contributed by atoms with Crippen molar-refractivity contribution in [3.63, 3.8) is 0 Å². The monoisotopic (exact) mass is 251 g/mol. The van der Waals surface area contributed by atoms with Crippen LogP contribution in [0.4, 0.5) is 0 Å². The van der Waals surface area contributed by atoms with Gasteiger partial charge in [-0.3, -0.25) is 0 Å². The zero-order valence-electron chi connectivity index (χ0n) is 10.7. The maximum atomic E-state index is 5.35. The molecule has 0 aliphatic carbocycles. The SMILES string of the molecule is C1CC(CCc2nc(C3CCOC3)no2)CCN1. The third-order valence-corrected chi connectivity index (χ3v) is 4.00. The lowest BCUT2D eigenvalue weighted by Gasteiger charge is -2.21. The Morgan fingerprint density at radius 1 is 1.22 bits per heavy atom. The highest BCUT2D eigenvalue weighted by molar-refractivity contribution is 4.97. The second kappa shape index (κ2) is 5.80. The summed E-state index contributed by atoms with van der Waals surface area (Å²) >= 11 is 0. The maximum absolute atomic E-state index is 5.35. The highest BCUT2D eigenvalue weighted by Crippen LogP contribution is 2.23. The van der Waals surface area contributed by atoms with Crippen LogP contribution < -0.4 is 5.32 Å². The molecule has 2 fully saturated rings. The number of nitrogens with one attached hydrogen (secondary N) is 1. The van der Waals surface area contributed by atoms with Gasteiger partial charge in [-0.15, -0.1) is 0 Å². The van der Waals surface area contributed by atoms with Crippen molar-refractivity contribution in [2.45, 2.75) is 38.0 Å². The lowest BCUT2D eigenvalue weighted by molar-refractivity contribution is 0.192. The van der Waals surface area contributed by atoms with Gasteiger partial charge in [-0.1, -0.05) is 5.16 Å². The number of hydrogen-bond donors (Lipinski definition) is 1. The van der Waals surface area contributed by atoms with E-state index >= 15 is 0 Å². The molecule has 18 heavy (non-hydrogen) atoms. The molecule has 1 aromatic rings. The first-order chi connectivity index (χ1) is 8.92. The van der Waals surface area contributed by atoms with Crippen molar-refractivity contribution in [3.05, 3.63) is 11.7 Å². The summed E-state index contributed by atoms with van der Waals surface area (Å²) in [6.07, 6.45) is 5.66. The molecular weight excluding hydrogens is 230 g/mol. The van der Waals surface area contributed by atoms with Crippen LogP contribution in [0, 0.1) is 5.92 Å². The molecule has 1 unspecified atom stereocenters. The first-order valence-corrected chi connectivity index (χ1v) is 7.03. The van der Waals surface area contributed by atoms with Gasteiger partial charge in [0, 0.05) is 18.9 Å². The Morgan fingerprint density at radius 3 is 2.89 bits per heavy atom. The van der Waals surface area contributed by atoms with Crippen LogP contribution in [-0.2, 0) is 11.2 Å². The molecule has 0 radical (unpaired) electrons. The van der Waals surface area contributed by atoms with Gasteiger partial charge in [-0.05, 0) is 44.7 Å². The van der Waals surface area contributed by atoms with Gasteiger partial charge in [0.05, 0.1) is 6.61 Å². The summed E-state index contributed by atoms with van der Waals surface area (Å²) < 4.78 is 10.7. The topological polar surface area (TPSA) is 60.2 Å². The predicted molar refractivity (Wildman–Crippen MR) is 66.4 cm³/mol. The largest absolute Gasteiger partial charge is 0.381 e. The summed E-state index contributed by atoms with van der Waals surface area (Å²) in [5.41, 5.74) is 0. The van der Waals surface area contributed by atoms with Crippen LogP contribution in [-0.4, -0.2) is 36.4 Å². The summed E-state index contributed by atoms with van der Waals surface area (Å²) in [4.78, 5) is 4.50. The number of piperidine rings is 1. The predicted octanol–water partition coefficient (Wildman–Crippen LogP) is 1.51. The molecule has 3 rings (SSSR count). The molecule has 5 nitrogen and oxygen atoms in total. The Kier molecular flexibility index (Phi) is 3.90. The third-order valence-electron chi connectivity index (χ3n) is 4.00. The maximum Gasteiger partial charge on any atom is 0.226 e. The molecule has 1 N–H and O–H groups in total. The van der Waals surface area contributed by atoms with Crippen LogP contribution in [0.25, 0.3) is 0 Å². The van der Waals surface area contributed by atoms with E-state index in [-0.39, 0.29) is 0 Å². The Balaban J connectivity index is 1.50. The molecule has 2 saturated heterocycles. The Morgan fingerprint density at radius 2 is 2.11 bits per heavy atom. The minimum Gasteiger partial charge on any atom is -0.381 e. The molecule has 100 valence electrons. The molecule has 5 heteroatoms. The molecule has 0 amide bonds. The first-order valence-electron chi connectivity index (χ1n) is 7.03. The molecule has 2 aliphatic rings. The second-order valence-corrected chi connectivity index (χ2v) is 5.34. The summed E-state index contributed by atoms with van der Waals surface area (Å²) in [7, 11) is 0. The van der Waals surface area contributed by atoms with Gasteiger partial charge in [0.2, 0.25) is 5.89 Å². The van der Waals surface area contributed by atoms with E-state index in [0.717, 1.165) is 56.8 Å². The molecule has 1 aromatic heterocycles. The molecule has 2 aliphatic heterocycles. The van der Waals surface area contributed by atoms with Crippen LogP contribution in [0.3, 0.4) is 0 Å². The Bertz CT molecular complexity index is 368. The number of nitrogens with zero attached hydrogens (tertiary/aromatic N) is 2. The minimum absolute atomic E-state index is 0.349. The van der Waals surface area contributed by atoms with Crippen molar-refractivity contribution in [1.82, 2.24) is 15.5 Å². The zero-order chi connectivity index (χ0) is 12.2. The van der Waals surface area contributed by atoms with E-state index in [9.17, 15) is 0 Å². The highest BCUT2D eigenvalue weighted by atomic mass is 16.5. The van der Waals surface area contributed by atoms with E-state index in [4.69, 9.17) is 9.26 Å². The Labute approximate surface area is 107 Å². The van der Waals surface area contributed by atoms with Crippen molar-refractivity contribution in [2.75, 3.05) is 26.3 Å². The van der Waals surface area contributed by atoms with E-state index in [1.54, 1.807) is 0 Å². The molecular formula is C13H21N3O2. The Hall–Kier alpha value is -0.940. The zero-order valence-corrected chi connectivity index (χ0v) is 10.7. The fourth-order valence-electron chi connectivity index (χ4n) is 2.77. The number of hydrogen-bond acceptors (Lipinski definition) is 5. The van der Waals surface area contributed by atoms with Gasteiger partial charge in [-0.25, -0.2) is 0 Å². The van der Waals surface area contributed by atoms with Crippen LogP contribution in [0.1, 0.15) is 43.3 Å². The van der Waals surface area contributed by atoms with Gasteiger partial charge in [0.25, 0.3) is 0 Å². The third kappa shape index (κ3) is 2.90. The van der Waals surface area contributed by atoms with E-state index < -0.39 is 0 Å². The van der Waals surface area contributed by atoms with E-state index in [0.29, 0.717) is 5.92 Å². The number of ether oxygens (including phenoxy) is 1. The van der Waals surface area contributed by atoms with E-state index in [2.05, 4.69) is 15.5 Å². The van der Waals surface area contributed by atoms with Gasteiger partial charge < -0.3 is 14.6 Å². The van der Waals surface area contributed by atoms with E-state index in [1.165, 1.54) is 19.3 Å². The van der Waals surface area contributed by atoms with Gasteiger partial charge >= 0.3 is 0 Å². The highest BCUT2D eigenvalue weighted by Gasteiger charge is 2.23. The average molecular weight is 251 g/mol. The fraction of sp³-hybridized carbons (Fsp3) is 0.846. The van der Waals surface area contributed by atoms with Crippen molar-refractivity contribution < 1.29 is 9.26 Å². The minimum atomic E-state index is 0.349. The van der Waals surface area contributed by atoms with E-state index in [1.807, 2.05) is 0 Å². The number of rotatable bonds is 4. The summed E-state index contributed by atoms with van der Waals surface area (Å²) in [5.74, 6) is 2.81. The second-order valence-electron chi connectivity index (χ2n) is 5.34. The lowest BCUT2D eigenvalue weighted by Crippen LogP contribution is -2.27. The van der Waals surface area contributed by atoms with Gasteiger partial charge in [0.1, 0.15) is 0 Å². The van der Waals surface area contributed by atoms with Crippen molar-refractivity contribution in [3.8, 4) is 0 Å². The van der Waals surface area contributed by atoms with Gasteiger partial charge in [-0.2, -0.15) is 4.98 Å². The number of aromatic nitrogens is 2. The molecule has 0 spiro atoms. The fourth-order valence-corrected chi connectivity index (χ4v) is 2.77. The van der Waals surface area contributed by atoms with Crippen molar-refractivity contribution in [1.29, 1.82) is 0 Å². The molecule has 0 aromatic carbocycles. The van der Waals surface area contributed by atoms with Crippen molar-refractivity contribution >= 4 is 0 Å². The molecule has 0 bridgehead atoms. The van der Waals surface area contributed by atoms with Crippen LogP contribution >= 0.6 is 0 Å². The van der Waals surface area contributed by atoms with Crippen molar-refractivity contribution in [2.24, 2.45) is 5.92 Å². The quantitative estimate of drug-likeness (QED) is 0.879. The smallest absolute Gasteiger partial charge is 0.226 e. The number of aryl methyl sites for hydroxylation is 1. The average Bonchev–Trinajstić information content (AvgIpc) is 3.08.